The van der Waals surface area contributed by atoms with Crippen LogP contribution in [0, 0.1) is 10.8 Å². The highest BCUT2D eigenvalue weighted by Gasteiger charge is 2.32. The van der Waals surface area contributed by atoms with Crippen LogP contribution < -0.4 is 13.7 Å². The van der Waals surface area contributed by atoms with Crippen LogP contribution in [0.1, 0.15) is 181 Å². The van der Waals surface area contributed by atoms with Crippen molar-refractivity contribution in [1.29, 1.82) is 0 Å². The summed E-state index contributed by atoms with van der Waals surface area (Å²) in [7, 11) is 1.26. The summed E-state index contributed by atoms with van der Waals surface area (Å²) < 4.78 is 36.2. The maximum Gasteiger partial charge on any atom is 0.177 e. The minimum absolute atomic E-state index is 0.00781. The molecule has 404 valence electrons. The highest BCUT2D eigenvalue weighted by molar-refractivity contribution is 7.70. The third kappa shape index (κ3) is 15.1. The molecule has 7 rings (SSSR count). The predicted molar refractivity (Wildman–Crippen MR) is 303 cm³/mol. The van der Waals surface area contributed by atoms with Gasteiger partial charge in [-0.3, -0.25) is 10.2 Å². The maximum atomic E-state index is 12.8. The molecule has 0 saturated heterocycles. The van der Waals surface area contributed by atoms with Crippen LogP contribution in [0.3, 0.4) is 0 Å². The number of aromatic amines is 2. The van der Waals surface area contributed by atoms with E-state index < -0.39 is 15.2 Å². The molecule has 0 aliphatic heterocycles. The van der Waals surface area contributed by atoms with Crippen LogP contribution in [0.4, 0.5) is 0 Å². The van der Waals surface area contributed by atoms with Gasteiger partial charge in [-0.05, 0) is 98.7 Å². The van der Waals surface area contributed by atoms with Crippen LogP contribution >= 0.6 is 23.2 Å². The van der Waals surface area contributed by atoms with Crippen LogP contribution in [-0.4, -0.2) is 64.7 Å². The molecule has 3 aromatic carbocycles. The third-order valence-corrected chi connectivity index (χ3v) is 14.4. The Morgan fingerprint density at radius 2 is 1.14 bits per heavy atom. The van der Waals surface area contributed by atoms with Gasteiger partial charge in [0, 0.05) is 53.2 Å². The predicted octanol–water partition coefficient (Wildman–Crippen LogP) is 14.8. The fraction of sp³-hybridized carbons (Fsp3) is 0.552. The zero-order chi connectivity index (χ0) is 54.8. The van der Waals surface area contributed by atoms with Gasteiger partial charge in [0.25, 0.3) is 0 Å². The molecule has 0 aliphatic rings. The fourth-order valence-corrected chi connectivity index (χ4v) is 11.3. The molecule has 0 aliphatic carbocycles. The first kappa shape index (κ1) is 58.2. The smallest absolute Gasteiger partial charge is 0.177 e. The average molecular weight is 1070 g/mol. The van der Waals surface area contributed by atoms with Gasteiger partial charge in [-0.1, -0.05) is 183 Å². The van der Waals surface area contributed by atoms with Crippen molar-refractivity contribution in [2.45, 2.75) is 175 Å². The number of ether oxygens (including phenoxy) is 2. The molecule has 7 aromatic rings. The van der Waals surface area contributed by atoms with Gasteiger partial charge >= 0.3 is 0 Å². The van der Waals surface area contributed by atoms with Crippen LogP contribution in [-0.2, 0) is 49.6 Å². The summed E-state index contributed by atoms with van der Waals surface area (Å²) in [5.41, 5.74) is 8.86. The molecule has 0 bridgehead atoms. The molecule has 16 heteroatoms. The molecule has 0 saturated carbocycles. The quantitative estimate of drug-likeness (QED) is 0.0676. The van der Waals surface area contributed by atoms with Gasteiger partial charge in [0.1, 0.15) is 15.8 Å². The number of fused-ring (bicyclic) bond motifs is 2. The highest BCUT2D eigenvalue weighted by Crippen LogP contribution is 2.41. The standard InChI is InChI=1S/C32H44N4O.C26H38Cl2N5O3S/c1-30(2,3)21-32(7,8)24-16-18-26(37-9)23(19-24)15-17-25(22-13-11-10-12-14-22)29-34-33-28-20-27(31(4,5)6)35-36(28)29;1-23(2,3)15-25(7,8)17-10-11-18(35-9)19(12-17)36-37(34)29-16-26(27,28)14-22-31-30-21-13-20(24(4,5)6)32-33(21)22/h10-14,16,18-20,25,35H,15,17,21H2,1-9H3;10-13,32H,14-16H2,1-9H3/q;-1. The Hall–Kier alpha value is -5.05. The lowest BCUT2D eigenvalue weighted by Gasteiger charge is -2.33. The first-order valence-corrected chi connectivity index (χ1v) is 27.4. The zero-order valence-corrected chi connectivity index (χ0v) is 49.6. The summed E-state index contributed by atoms with van der Waals surface area (Å²) in [6.45, 7) is 35.4. The Kier molecular flexibility index (Phi) is 17.5. The lowest BCUT2D eigenvalue weighted by atomic mass is 9.72. The van der Waals surface area contributed by atoms with E-state index in [4.69, 9.17) is 36.9 Å². The number of halogens is 2. The Morgan fingerprint density at radius 3 is 1.68 bits per heavy atom. The number of benzene rings is 3. The summed E-state index contributed by atoms with van der Waals surface area (Å²) in [4.78, 5) is 0. The lowest BCUT2D eigenvalue weighted by Crippen LogP contribution is -2.25. The summed E-state index contributed by atoms with van der Waals surface area (Å²) in [6.07, 6.45) is 3.98. The second kappa shape index (κ2) is 22.3. The van der Waals surface area contributed by atoms with E-state index >= 15 is 0 Å². The van der Waals surface area contributed by atoms with E-state index in [0.29, 0.717) is 23.0 Å². The molecule has 4 aromatic heterocycles. The van der Waals surface area contributed by atoms with E-state index in [-0.39, 0.29) is 51.4 Å². The number of hydrogen-bond acceptors (Lipinski definition) is 10. The maximum absolute atomic E-state index is 12.8. The van der Waals surface area contributed by atoms with Crippen LogP contribution in [0.15, 0.2) is 83.2 Å². The SMILES string of the molecule is COc1ccc(C(C)(C)CC(C)(C)C)cc1CCC(c1ccccc1)c1nnc2cc(C(C)(C)C)[nH]n12.COc1ccc(C(C)(C)CC(C)(C)C)cc1O[S-](=O)=NCC(Cl)(Cl)Cc1nnc2cc(C(C)(C)C)[nH]n12. The topological polar surface area (TPSA) is 149 Å². The second-order valence-electron chi connectivity index (χ2n) is 25.7. The van der Waals surface area contributed by atoms with E-state index in [0.717, 1.165) is 59.9 Å². The molecular weight excluding hydrogens is 990 g/mol. The zero-order valence-electron chi connectivity index (χ0n) is 47.3. The lowest BCUT2D eigenvalue weighted by molar-refractivity contribution is 0.283. The molecule has 0 amide bonds. The first-order chi connectivity index (χ1) is 34.2. The van der Waals surface area contributed by atoms with Crippen molar-refractivity contribution in [3.8, 4) is 17.2 Å². The second-order valence-corrected chi connectivity index (χ2v) is 28.2. The number of hydrogen-bond donors (Lipinski definition) is 2. The molecule has 1 atom stereocenters. The third-order valence-electron chi connectivity index (χ3n) is 13.2. The normalized spacial score (nSPS) is 14.1. The summed E-state index contributed by atoms with van der Waals surface area (Å²) in [6, 6.07) is 27.1. The summed E-state index contributed by atoms with van der Waals surface area (Å²) >= 11 is 13.1. The van der Waals surface area contributed by atoms with E-state index in [1.807, 2.05) is 24.3 Å². The number of alkyl halides is 2. The van der Waals surface area contributed by atoms with Crippen molar-refractivity contribution < 1.29 is 17.9 Å². The molecular formula is C58H82Cl2N9O4S-. The molecule has 13 nitrogen and oxygen atoms in total. The van der Waals surface area contributed by atoms with Crippen molar-refractivity contribution >= 4 is 45.4 Å². The Morgan fingerprint density at radius 1 is 0.622 bits per heavy atom. The minimum Gasteiger partial charge on any atom is -0.544 e. The number of H-pyrrole nitrogens is 2. The molecule has 0 spiro atoms. The number of methoxy groups -OCH3 is 2. The van der Waals surface area contributed by atoms with E-state index in [2.05, 4.69) is 205 Å². The van der Waals surface area contributed by atoms with Gasteiger partial charge in [0.2, 0.25) is 0 Å². The monoisotopic (exact) mass is 1070 g/mol. The van der Waals surface area contributed by atoms with Gasteiger partial charge in [0.15, 0.2) is 28.7 Å². The Balaban J connectivity index is 0.000000241. The van der Waals surface area contributed by atoms with Gasteiger partial charge < -0.3 is 22.2 Å². The van der Waals surface area contributed by atoms with E-state index in [1.54, 1.807) is 11.6 Å². The minimum atomic E-state index is -2.04. The van der Waals surface area contributed by atoms with Gasteiger partial charge in [-0.2, -0.15) is 0 Å². The van der Waals surface area contributed by atoms with Crippen LogP contribution in [0.2, 0.25) is 0 Å². The molecule has 0 radical (unpaired) electrons. The number of nitrogens with zero attached hydrogens (tertiary/aromatic N) is 7. The average Bonchev–Trinajstić information content (AvgIpc) is 4.08. The number of rotatable bonds is 17. The number of nitrogens with one attached hydrogen (secondary N) is 2. The highest BCUT2D eigenvalue weighted by atomic mass is 35.5. The van der Waals surface area contributed by atoms with Crippen molar-refractivity contribution in [3.05, 3.63) is 124 Å². The van der Waals surface area contributed by atoms with Gasteiger partial charge in [0.05, 0.1) is 14.2 Å². The molecule has 74 heavy (non-hydrogen) atoms. The summed E-state index contributed by atoms with van der Waals surface area (Å²) in [5, 5.41) is 24.4. The number of aromatic nitrogens is 8. The molecule has 0 fully saturated rings. The molecule has 2 N–H and O–H groups in total. The van der Waals surface area contributed by atoms with E-state index in [9.17, 15) is 4.21 Å². The number of aryl methyl sites for hydroxylation is 1. The van der Waals surface area contributed by atoms with Crippen LogP contribution in [0.5, 0.6) is 17.2 Å². The first-order valence-electron chi connectivity index (χ1n) is 25.6. The molecule has 4 heterocycles. The van der Waals surface area contributed by atoms with Gasteiger partial charge in [-0.15, -0.1) is 20.4 Å². The van der Waals surface area contributed by atoms with Gasteiger partial charge in [-0.25, -0.2) is 9.03 Å². The van der Waals surface area contributed by atoms with Crippen molar-refractivity contribution in [3.63, 3.8) is 0 Å². The van der Waals surface area contributed by atoms with Crippen molar-refractivity contribution in [1.82, 2.24) is 39.6 Å². The summed E-state index contributed by atoms with van der Waals surface area (Å²) in [5.74, 6) is 3.35. The Labute approximate surface area is 452 Å². The van der Waals surface area contributed by atoms with Crippen LogP contribution in [0.25, 0.3) is 11.3 Å². The van der Waals surface area contributed by atoms with Crippen molar-refractivity contribution in [2.24, 2.45) is 15.2 Å². The largest absolute Gasteiger partial charge is 0.544 e. The molecule has 1 unspecified atom stereocenters. The van der Waals surface area contributed by atoms with E-state index in [1.165, 1.54) is 23.8 Å². The Bertz CT molecular complexity index is 3080. The van der Waals surface area contributed by atoms with Crippen molar-refractivity contribution in [2.75, 3.05) is 20.8 Å². The fourth-order valence-electron chi connectivity index (χ4n) is 10.1.